The van der Waals surface area contributed by atoms with Crippen LogP contribution in [0.1, 0.15) is 39.0 Å². The molecule has 0 saturated heterocycles. The molecule has 0 aliphatic carbocycles. The van der Waals surface area contributed by atoms with E-state index in [1.165, 1.54) is 5.56 Å². The highest BCUT2D eigenvalue weighted by atomic mass is 35.5. The molecule has 4 rings (SSSR count). The van der Waals surface area contributed by atoms with Crippen LogP contribution in [0.4, 0.5) is 0 Å². The predicted molar refractivity (Wildman–Crippen MR) is 104 cm³/mol. The minimum absolute atomic E-state index is 0.0989. The molecule has 5 nitrogen and oxygen atoms in total. The Hall–Kier alpha value is -2.63. The molecule has 0 fully saturated rings. The van der Waals surface area contributed by atoms with E-state index >= 15 is 0 Å². The van der Waals surface area contributed by atoms with E-state index in [-0.39, 0.29) is 12.0 Å². The Bertz CT molecular complexity index is 949. The first-order valence-corrected chi connectivity index (χ1v) is 9.24. The van der Waals surface area contributed by atoms with Crippen LogP contribution in [0.2, 0.25) is 5.02 Å². The number of carbonyl (C=O) groups excluding carboxylic acids is 1. The Morgan fingerprint density at radius 3 is 2.70 bits per heavy atom. The first-order chi connectivity index (χ1) is 13.1. The summed E-state index contributed by atoms with van der Waals surface area (Å²) in [5.41, 5.74) is 4.62. The number of benzene rings is 2. The van der Waals surface area contributed by atoms with Crippen LogP contribution in [-0.4, -0.2) is 15.7 Å². The standard InChI is InChI=1S/C21H20ClN3O2/c1-14-2-4-15(5-3-14)11-23-21(26)19-10-18-13-27-20(12-25(18)24-19)16-6-8-17(22)9-7-16/h2-10,20H,11-13H2,1H3,(H,23,26)/t20-/m0/s1. The average Bonchev–Trinajstić information content (AvgIpc) is 3.11. The summed E-state index contributed by atoms with van der Waals surface area (Å²) in [6.45, 7) is 3.51. The van der Waals surface area contributed by atoms with Crippen LogP contribution in [0.25, 0.3) is 0 Å². The predicted octanol–water partition coefficient (Wildman–Crippen LogP) is 4.05. The van der Waals surface area contributed by atoms with Crippen molar-refractivity contribution >= 4 is 17.5 Å². The maximum atomic E-state index is 12.4. The highest BCUT2D eigenvalue weighted by Crippen LogP contribution is 2.27. The molecular weight excluding hydrogens is 362 g/mol. The summed E-state index contributed by atoms with van der Waals surface area (Å²) >= 11 is 5.95. The van der Waals surface area contributed by atoms with Gasteiger partial charge < -0.3 is 10.1 Å². The zero-order chi connectivity index (χ0) is 18.8. The molecule has 1 N–H and O–H groups in total. The first-order valence-electron chi connectivity index (χ1n) is 8.86. The van der Waals surface area contributed by atoms with Crippen LogP contribution in [0.5, 0.6) is 0 Å². The summed E-state index contributed by atoms with van der Waals surface area (Å²) in [4.78, 5) is 12.4. The summed E-state index contributed by atoms with van der Waals surface area (Å²) in [5.74, 6) is -0.180. The van der Waals surface area contributed by atoms with Crippen molar-refractivity contribution in [3.63, 3.8) is 0 Å². The topological polar surface area (TPSA) is 56.2 Å². The molecule has 1 amide bonds. The second kappa shape index (κ2) is 7.55. The van der Waals surface area contributed by atoms with Crippen LogP contribution in [-0.2, 0) is 24.4 Å². The SMILES string of the molecule is Cc1ccc(CNC(=O)c2cc3n(n2)C[C@@H](c2ccc(Cl)cc2)OC3)cc1. The van der Waals surface area contributed by atoms with Crippen LogP contribution < -0.4 is 5.32 Å². The van der Waals surface area contributed by atoms with Crippen molar-refractivity contribution in [2.75, 3.05) is 0 Å². The number of nitrogens with zero attached hydrogens (tertiary/aromatic N) is 2. The van der Waals surface area contributed by atoms with Crippen molar-refractivity contribution in [2.45, 2.75) is 32.7 Å². The minimum Gasteiger partial charge on any atom is -0.365 e. The summed E-state index contributed by atoms with van der Waals surface area (Å²) in [5, 5.41) is 8.09. The Labute approximate surface area is 162 Å². The van der Waals surface area contributed by atoms with E-state index in [4.69, 9.17) is 16.3 Å². The lowest BCUT2D eigenvalue weighted by atomic mass is 10.1. The van der Waals surface area contributed by atoms with Gasteiger partial charge in [-0.2, -0.15) is 5.10 Å². The highest BCUT2D eigenvalue weighted by Gasteiger charge is 2.24. The maximum absolute atomic E-state index is 12.4. The van der Waals surface area contributed by atoms with Crippen LogP contribution in [0.15, 0.2) is 54.6 Å². The molecule has 0 spiro atoms. The van der Waals surface area contributed by atoms with Gasteiger partial charge in [-0.25, -0.2) is 0 Å². The molecule has 0 unspecified atom stereocenters. The number of aryl methyl sites for hydroxylation is 1. The van der Waals surface area contributed by atoms with E-state index in [0.717, 1.165) is 16.8 Å². The monoisotopic (exact) mass is 381 g/mol. The normalized spacial score (nSPS) is 16.0. The average molecular weight is 382 g/mol. The van der Waals surface area contributed by atoms with E-state index in [9.17, 15) is 4.79 Å². The van der Waals surface area contributed by atoms with Crippen molar-refractivity contribution in [1.82, 2.24) is 15.1 Å². The number of hydrogen-bond donors (Lipinski definition) is 1. The van der Waals surface area contributed by atoms with Gasteiger partial charge in [0.1, 0.15) is 6.10 Å². The lowest BCUT2D eigenvalue weighted by Gasteiger charge is -2.24. The quantitative estimate of drug-likeness (QED) is 0.741. The first kappa shape index (κ1) is 17.8. The second-order valence-electron chi connectivity index (χ2n) is 6.72. The number of hydrogen-bond acceptors (Lipinski definition) is 3. The molecule has 0 bridgehead atoms. The Balaban J connectivity index is 1.42. The van der Waals surface area contributed by atoms with Gasteiger partial charge in [0.2, 0.25) is 0 Å². The molecule has 1 aromatic heterocycles. The number of aromatic nitrogens is 2. The number of ether oxygens (including phenoxy) is 1. The molecule has 6 heteroatoms. The van der Waals surface area contributed by atoms with Crippen LogP contribution in [0.3, 0.4) is 0 Å². The van der Waals surface area contributed by atoms with Crippen molar-refractivity contribution in [1.29, 1.82) is 0 Å². The lowest BCUT2D eigenvalue weighted by molar-refractivity contribution is -0.00119. The largest absolute Gasteiger partial charge is 0.365 e. The zero-order valence-electron chi connectivity index (χ0n) is 15.0. The summed E-state index contributed by atoms with van der Waals surface area (Å²) < 4.78 is 7.78. The number of fused-ring (bicyclic) bond motifs is 1. The molecule has 1 aliphatic heterocycles. The Kier molecular flexibility index (Phi) is 4.97. The van der Waals surface area contributed by atoms with Crippen LogP contribution in [0, 0.1) is 6.92 Å². The molecule has 2 heterocycles. The van der Waals surface area contributed by atoms with E-state index in [2.05, 4.69) is 10.4 Å². The van der Waals surface area contributed by atoms with Crippen molar-refractivity contribution in [3.05, 3.63) is 87.7 Å². The third-order valence-corrected chi connectivity index (χ3v) is 4.93. The summed E-state index contributed by atoms with van der Waals surface area (Å²) in [6.07, 6.45) is -0.0989. The molecule has 1 atom stereocenters. The van der Waals surface area contributed by atoms with Gasteiger partial charge >= 0.3 is 0 Å². The van der Waals surface area contributed by atoms with Crippen LogP contribution >= 0.6 is 11.6 Å². The Morgan fingerprint density at radius 1 is 1.22 bits per heavy atom. The summed E-state index contributed by atoms with van der Waals surface area (Å²) in [7, 11) is 0. The van der Waals surface area contributed by atoms with E-state index in [1.54, 1.807) is 6.07 Å². The molecule has 27 heavy (non-hydrogen) atoms. The maximum Gasteiger partial charge on any atom is 0.272 e. The fourth-order valence-electron chi connectivity index (χ4n) is 3.09. The smallest absolute Gasteiger partial charge is 0.272 e. The van der Waals surface area contributed by atoms with Gasteiger partial charge in [-0.15, -0.1) is 0 Å². The number of carbonyl (C=O) groups is 1. The zero-order valence-corrected chi connectivity index (χ0v) is 15.7. The number of amides is 1. The van der Waals surface area contributed by atoms with Gasteiger partial charge in [0.05, 0.1) is 18.8 Å². The minimum atomic E-state index is -0.180. The fourth-order valence-corrected chi connectivity index (χ4v) is 3.22. The number of halogens is 1. The number of rotatable bonds is 4. The number of nitrogens with one attached hydrogen (secondary N) is 1. The van der Waals surface area contributed by atoms with Gasteiger partial charge in [0, 0.05) is 11.6 Å². The fraction of sp³-hybridized carbons (Fsp3) is 0.238. The molecule has 0 saturated carbocycles. The molecule has 1 aliphatic rings. The van der Waals surface area contributed by atoms with E-state index in [1.807, 2.05) is 60.1 Å². The molecule has 2 aromatic carbocycles. The second-order valence-corrected chi connectivity index (χ2v) is 7.16. The molecule has 0 radical (unpaired) electrons. The molecule has 3 aromatic rings. The van der Waals surface area contributed by atoms with Gasteiger partial charge in [0.15, 0.2) is 5.69 Å². The van der Waals surface area contributed by atoms with Gasteiger partial charge in [-0.3, -0.25) is 9.48 Å². The third-order valence-electron chi connectivity index (χ3n) is 4.68. The Morgan fingerprint density at radius 2 is 1.96 bits per heavy atom. The molecular formula is C21H20ClN3O2. The highest BCUT2D eigenvalue weighted by molar-refractivity contribution is 6.30. The lowest BCUT2D eigenvalue weighted by Crippen LogP contribution is -2.24. The van der Waals surface area contributed by atoms with E-state index in [0.29, 0.717) is 30.4 Å². The van der Waals surface area contributed by atoms with Crippen molar-refractivity contribution in [2.24, 2.45) is 0 Å². The van der Waals surface area contributed by atoms with Gasteiger partial charge in [-0.1, -0.05) is 53.6 Å². The van der Waals surface area contributed by atoms with Gasteiger partial charge in [-0.05, 0) is 36.2 Å². The summed E-state index contributed by atoms with van der Waals surface area (Å²) in [6, 6.07) is 17.5. The van der Waals surface area contributed by atoms with Gasteiger partial charge in [0.25, 0.3) is 5.91 Å². The van der Waals surface area contributed by atoms with Crippen molar-refractivity contribution < 1.29 is 9.53 Å². The molecule has 138 valence electrons. The van der Waals surface area contributed by atoms with E-state index < -0.39 is 0 Å². The third kappa shape index (κ3) is 4.04. The van der Waals surface area contributed by atoms with Crippen molar-refractivity contribution in [3.8, 4) is 0 Å².